The van der Waals surface area contributed by atoms with Crippen LogP contribution in [0.5, 0.6) is 0 Å². The molecule has 1 radical (unpaired) electrons. The number of halogens is 1. The van der Waals surface area contributed by atoms with Gasteiger partial charge in [0.25, 0.3) is 0 Å². The average molecular weight is 858 g/mol. The third-order valence-corrected chi connectivity index (χ3v) is 7.60. The summed E-state index contributed by atoms with van der Waals surface area (Å²) in [4.78, 5) is 8.07. The molecule has 0 fully saturated rings. The smallest absolute Gasteiger partial charge is 0.139 e. The van der Waals surface area contributed by atoms with Gasteiger partial charge in [0.1, 0.15) is 11.4 Å². The summed E-state index contributed by atoms with van der Waals surface area (Å²) in [6, 6.07) is 28.1. The van der Waals surface area contributed by atoms with Crippen LogP contribution >= 0.6 is 0 Å². The number of aromatic nitrogens is 2. The standard InChI is InChI=1S/C35H30NO.C11H7FN.Ir/c1-23-20-24(22-35(2,3)4)16-17-27(23)26-18-19-36-32(21-26)31-15-9-14-30-29-13-8-12-28(33(29)37-34(30)31)25-10-6-5-7-11-25;12-10-6-7-11(13-8-10)9-4-2-1-3-5-9;/h5-14,16-21H,22H2,1-4H3;1-4,6-8H;/q2*-1;/i1D3,17D,22D2;1D,2D,3D,4D,6D,7D,8D;. The van der Waals surface area contributed by atoms with E-state index in [2.05, 4.69) is 22.1 Å². The number of furan rings is 1. The van der Waals surface area contributed by atoms with Gasteiger partial charge in [0.15, 0.2) is 0 Å². The molecule has 0 aliphatic carbocycles. The van der Waals surface area contributed by atoms with Gasteiger partial charge in [-0.3, -0.25) is 0 Å². The number of rotatable bonds is 5. The first-order chi connectivity index (χ1) is 29.5. The molecule has 0 atom stereocenters. The van der Waals surface area contributed by atoms with Crippen LogP contribution in [0.2, 0.25) is 0 Å². The van der Waals surface area contributed by atoms with Crippen LogP contribution in [0.1, 0.15) is 49.7 Å². The molecule has 0 spiro atoms. The van der Waals surface area contributed by atoms with Crippen molar-refractivity contribution < 1.29 is 46.7 Å². The van der Waals surface area contributed by atoms with Crippen LogP contribution in [0.15, 0.2) is 144 Å². The Morgan fingerprint density at radius 1 is 0.804 bits per heavy atom. The van der Waals surface area contributed by atoms with Gasteiger partial charge in [-0.25, -0.2) is 4.39 Å². The summed E-state index contributed by atoms with van der Waals surface area (Å²) in [6.07, 6.45) is -1.13. The first kappa shape index (κ1) is 22.6. The molecule has 0 bridgehead atoms. The van der Waals surface area contributed by atoms with Crippen molar-refractivity contribution >= 4 is 21.9 Å². The molecule has 3 nitrogen and oxygen atoms in total. The van der Waals surface area contributed by atoms with Crippen LogP contribution in [-0.4, -0.2) is 9.97 Å². The molecule has 0 aliphatic heterocycles. The third-order valence-electron chi connectivity index (χ3n) is 7.60. The molecule has 255 valence electrons. The molecule has 5 aromatic carbocycles. The molecule has 5 heteroatoms. The van der Waals surface area contributed by atoms with E-state index in [0.29, 0.717) is 22.4 Å². The summed E-state index contributed by atoms with van der Waals surface area (Å²) in [6.45, 7) is 2.70. The number of nitrogens with zero attached hydrogens (tertiary/aromatic N) is 2. The quantitative estimate of drug-likeness (QED) is 0.162. The van der Waals surface area contributed by atoms with Gasteiger partial charge < -0.3 is 14.4 Å². The van der Waals surface area contributed by atoms with Gasteiger partial charge in [-0.05, 0) is 72.7 Å². The first-order valence-corrected chi connectivity index (χ1v) is 15.7. The van der Waals surface area contributed by atoms with Crippen molar-refractivity contribution in [2.24, 2.45) is 5.41 Å². The molecule has 8 rings (SSSR count). The second-order valence-electron chi connectivity index (χ2n) is 12.4. The number of pyridine rings is 2. The summed E-state index contributed by atoms with van der Waals surface area (Å²) >= 11 is 0. The van der Waals surface area contributed by atoms with Gasteiger partial charge in [-0.1, -0.05) is 111 Å². The van der Waals surface area contributed by atoms with Crippen molar-refractivity contribution in [1.82, 2.24) is 9.97 Å². The molecule has 0 unspecified atom stereocenters. The zero-order valence-electron chi connectivity index (χ0n) is 40.7. The minimum absolute atomic E-state index is 0. The number of hydrogen-bond donors (Lipinski definition) is 0. The molecular formula is C46H37FIrN2O-2. The molecule has 0 saturated heterocycles. The van der Waals surface area contributed by atoms with Crippen LogP contribution in [0.25, 0.3) is 66.7 Å². The van der Waals surface area contributed by atoms with E-state index in [0.717, 1.165) is 27.5 Å². The summed E-state index contributed by atoms with van der Waals surface area (Å²) in [5.41, 5.74) is 3.90. The average Bonchev–Trinajstić information content (AvgIpc) is 3.64. The Hall–Kier alpha value is -5.22. The van der Waals surface area contributed by atoms with Crippen molar-refractivity contribution in [2.75, 3.05) is 0 Å². The Labute approximate surface area is 330 Å². The maximum atomic E-state index is 13.3. The monoisotopic (exact) mass is 858 g/mol. The summed E-state index contributed by atoms with van der Waals surface area (Å²) < 4.78 is 123. The normalized spacial score (nSPS) is 15.3. The van der Waals surface area contributed by atoms with Crippen LogP contribution in [0.4, 0.5) is 4.39 Å². The van der Waals surface area contributed by atoms with Gasteiger partial charge in [0.2, 0.25) is 0 Å². The fourth-order valence-corrected chi connectivity index (χ4v) is 5.52. The maximum Gasteiger partial charge on any atom is 0.139 e. The number of fused-ring (bicyclic) bond motifs is 3. The zero-order valence-corrected chi connectivity index (χ0v) is 30.1. The molecular weight excluding hydrogens is 808 g/mol. The van der Waals surface area contributed by atoms with E-state index >= 15 is 0 Å². The Morgan fingerprint density at radius 2 is 1.65 bits per heavy atom. The van der Waals surface area contributed by atoms with E-state index in [-0.39, 0.29) is 54.1 Å². The fraction of sp³-hybridized carbons (Fsp3) is 0.130. The Bertz CT molecular complexity index is 3020. The van der Waals surface area contributed by atoms with E-state index < -0.39 is 66.9 Å². The topological polar surface area (TPSA) is 38.9 Å². The Morgan fingerprint density at radius 3 is 2.47 bits per heavy atom. The van der Waals surface area contributed by atoms with E-state index in [4.69, 9.17) is 22.2 Å². The fourth-order valence-electron chi connectivity index (χ4n) is 5.52. The second kappa shape index (κ2) is 15.3. The van der Waals surface area contributed by atoms with Crippen LogP contribution < -0.4 is 0 Å². The van der Waals surface area contributed by atoms with Crippen LogP contribution in [-0.2, 0) is 26.5 Å². The molecule has 51 heavy (non-hydrogen) atoms. The van der Waals surface area contributed by atoms with Crippen molar-refractivity contribution in [3.05, 3.63) is 169 Å². The number of hydrogen-bond acceptors (Lipinski definition) is 3. The largest absolute Gasteiger partial charge is 0.500 e. The molecule has 0 saturated carbocycles. The summed E-state index contributed by atoms with van der Waals surface area (Å²) in [5, 5.41) is 1.87. The van der Waals surface area contributed by atoms with E-state index in [9.17, 15) is 4.39 Å². The minimum Gasteiger partial charge on any atom is -0.500 e. The van der Waals surface area contributed by atoms with Gasteiger partial charge in [-0.2, -0.15) is 0 Å². The first-order valence-electron chi connectivity index (χ1n) is 22.2. The molecule has 0 aliphatic rings. The number of para-hydroxylation sites is 1. The Balaban J connectivity index is 0.000000272. The van der Waals surface area contributed by atoms with Crippen molar-refractivity contribution in [3.63, 3.8) is 0 Å². The van der Waals surface area contributed by atoms with Gasteiger partial charge >= 0.3 is 0 Å². The summed E-state index contributed by atoms with van der Waals surface area (Å²) in [7, 11) is 0. The predicted octanol–water partition coefficient (Wildman–Crippen LogP) is 12.4. The molecule has 3 aromatic heterocycles. The summed E-state index contributed by atoms with van der Waals surface area (Å²) in [5.74, 6) is -1.25. The van der Waals surface area contributed by atoms with Crippen LogP contribution in [0.3, 0.4) is 0 Å². The zero-order chi connectivity index (χ0) is 45.9. The predicted molar refractivity (Wildman–Crippen MR) is 203 cm³/mol. The maximum absolute atomic E-state index is 13.3. The van der Waals surface area contributed by atoms with E-state index in [1.165, 1.54) is 12.1 Å². The minimum atomic E-state index is -2.57. The van der Waals surface area contributed by atoms with Crippen LogP contribution in [0, 0.1) is 30.2 Å². The van der Waals surface area contributed by atoms with E-state index in [1.807, 2.05) is 60.7 Å². The molecule has 8 aromatic rings. The second-order valence-corrected chi connectivity index (χ2v) is 12.4. The molecule has 3 heterocycles. The number of benzene rings is 5. The van der Waals surface area contributed by atoms with Crippen molar-refractivity contribution in [2.45, 2.75) is 34.0 Å². The van der Waals surface area contributed by atoms with Gasteiger partial charge in [-0.15, -0.1) is 54.0 Å². The van der Waals surface area contributed by atoms with E-state index in [1.54, 1.807) is 39.1 Å². The number of aryl methyl sites for hydroxylation is 1. The van der Waals surface area contributed by atoms with Gasteiger partial charge in [0.05, 0.1) is 17.2 Å². The SMILES string of the molecule is [2H]c1[c-]c(-c2nc([2H])c(F)c([2H])c2[2H])c([2H])c([2H])c1[2H].[2H]c1cc(C([2H])([2H])C(C)(C)C)cc(C([2H])([2H])[2H])c1-c1ccnc(-c2[c-]ccc3c2oc2c(-c4ccccc4)cccc23)c1.[Ir]. The van der Waals surface area contributed by atoms with Crippen molar-refractivity contribution in [1.29, 1.82) is 0 Å². The molecule has 0 N–H and O–H groups in total. The third kappa shape index (κ3) is 8.07. The molecule has 0 amide bonds. The van der Waals surface area contributed by atoms with Crippen molar-refractivity contribution in [3.8, 4) is 44.8 Å². The van der Waals surface area contributed by atoms with Gasteiger partial charge in [0, 0.05) is 46.8 Å². The Kier molecular flexibility index (Phi) is 6.79.